The van der Waals surface area contributed by atoms with Crippen molar-refractivity contribution in [1.82, 2.24) is 15.0 Å². The fourth-order valence-electron chi connectivity index (χ4n) is 3.27. The molecule has 4 aromatic rings. The van der Waals surface area contributed by atoms with Gasteiger partial charge in [0.25, 0.3) is 0 Å². The van der Waals surface area contributed by atoms with Gasteiger partial charge in [-0.1, -0.05) is 12.1 Å². The third-order valence-corrected chi connectivity index (χ3v) is 4.68. The van der Waals surface area contributed by atoms with Gasteiger partial charge in [-0.25, -0.2) is 4.98 Å². The third kappa shape index (κ3) is 4.55. The van der Waals surface area contributed by atoms with Crippen LogP contribution in [0.25, 0.3) is 22.0 Å². The van der Waals surface area contributed by atoms with E-state index in [1.54, 1.807) is 12.4 Å². The van der Waals surface area contributed by atoms with Crippen LogP contribution >= 0.6 is 0 Å². The Morgan fingerprint density at radius 1 is 0.966 bits per heavy atom. The first kappa shape index (κ1) is 18.6. The molecule has 0 saturated carbocycles. The van der Waals surface area contributed by atoms with Gasteiger partial charge in [-0.15, -0.1) is 0 Å². The SMILES string of the molecule is O=C(O)CNc1cc(-c2ccncc2)c2cc(CCc3ccccn3)ccc2n1. The van der Waals surface area contributed by atoms with Crippen molar-refractivity contribution >= 4 is 22.7 Å². The zero-order chi connectivity index (χ0) is 20.1. The van der Waals surface area contributed by atoms with Crippen molar-refractivity contribution in [3.05, 3.63) is 84.4 Å². The molecule has 0 atom stereocenters. The van der Waals surface area contributed by atoms with E-state index in [1.807, 2.05) is 48.7 Å². The molecule has 0 amide bonds. The van der Waals surface area contributed by atoms with Crippen LogP contribution in [0.15, 0.2) is 73.2 Å². The number of anilines is 1. The zero-order valence-electron chi connectivity index (χ0n) is 15.7. The summed E-state index contributed by atoms with van der Waals surface area (Å²) in [7, 11) is 0. The maximum Gasteiger partial charge on any atom is 0.322 e. The van der Waals surface area contributed by atoms with Crippen LogP contribution in [0.5, 0.6) is 0 Å². The summed E-state index contributed by atoms with van der Waals surface area (Å²) in [5, 5.41) is 12.9. The van der Waals surface area contributed by atoms with Crippen molar-refractivity contribution in [2.24, 2.45) is 0 Å². The average Bonchev–Trinajstić information content (AvgIpc) is 2.77. The Morgan fingerprint density at radius 2 is 1.83 bits per heavy atom. The number of pyridine rings is 3. The lowest BCUT2D eigenvalue weighted by Crippen LogP contribution is -2.13. The lowest BCUT2D eigenvalue weighted by atomic mass is 9.98. The summed E-state index contributed by atoms with van der Waals surface area (Å²) in [6, 6.07) is 17.9. The summed E-state index contributed by atoms with van der Waals surface area (Å²) in [6.45, 7) is -0.184. The molecule has 0 fully saturated rings. The van der Waals surface area contributed by atoms with Crippen LogP contribution in [-0.2, 0) is 17.6 Å². The lowest BCUT2D eigenvalue weighted by Gasteiger charge is -2.12. The molecule has 1 aromatic carbocycles. The van der Waals surface area contributed by atoms with Crippen LogP contribution in [0.3, 0.4) is 0 Å². The summed E-state index contributed by atoms with van der Waals surface area (Å²) in [5.74, 6) is -0.393. The molecule has 0 radical (unpaired) electrons. The third-order valence-electron chi connectivity index (χ3n) is 4.68. The van der Waals surface area contributed by atoms with Crippen LogP contribution in [0, 0.1) is 0 Å². The molecule has 0 saturated heterocycles. The second kappa shape index (κ2) is 8.48. The molecule has 144 valence electrons. The molecule has 0 bridgehead atoms. The number of rotatable bonds is 7. The van der Waals surface area contributed by atoms with Gasteiger partial charge in [-0.3, -0.25) is 14.8 Å². The Labute approximate surface area is 168 Å². The second-order valence-electron chi connectivity index (χ2n) is 6.71. The highest BCUT2D eigenvalue weighted by Crippen LogP contribution is 2.31. The topological polar surface area (TPSA) is 88.0 Å². The van der Waals surface area contributed by atoms with Crippen molar-refractivity contribution in [3.63, 3.8) is 0 Å². The molecule has 0 spiro atoms. The van der Waals surface area contributed by atoms with E-state index in [0.29, 0.717) is 5.82 Å². The summed E-state index contributed by atoms with van der Waals surface area (Å²) in [4.78, 5) is 24.0. The van der Waals surface area contributed by atoms with Crippen LogP contribution < -0.4 is 5.32 Å². The fourth-order valence-corrected chi connectivity index (χ4v) is 3.27. The molecular weight excluding hydrogens is 364 g/mol. The number of aliphatic carboxylic acids is 1. The van der Waals surface area contributed by atoms with E-state index < -0.39 is 5.97 Å². The van der Waals surface area contributed by atoms with Gasteiger partial charge in [-0.2, -0.15) is 0 Å². The van der Waals surface area contributed by atoms with Gasteiger partial charge >= 0.3 is 5.97 Å². The van der Waals surface area contributed by atoms with E-state index in [4.69, 9.17) is 5.11 Å². The highest BCUT2D eigenvalue weighted by Gasteiger charge is 2.10. The van der Waals surface area contributed by atoms with Crippen LogP contribution in [0.2, 0.25) is 0 Å². The molecule has 0 unspecified atom stereocenters. The summed E-state index contributed by atoms with van der Waals surface area (Å²) >= 11 is 0. The van der Waals surface area contributed by atoms with Crippen LogP contribution in [-0.4, -0.2) is 32.6 Å². The Morgan fingerprint density at radius 3 is 2.59 bits per heavy atom. The minimum atomic E-state index is -0.928. The van der Waals surface area contributed by atoms with Gasteiger partial charge in [0, 0.05) is 29.7 Å². The van der Waals surface area contributed by atoms with E-state index in [-0.39, 0.29) is 6.54 Å². The van der Waals surface area contributed by atoms with E-state index >= 15 is 0 Å². The molecular formula is C23H20N4O2. The number of nitrogens with zero attached hydrogens (tertiary/aromatic N) is 3. The largest absolute Gasteiger partial charge is 0.480 e. The first-order chi connectivity index (χ1) is 14.2. The molecule has 0 aliphatic heterocycles. The fraction of sp³-hybridized carbons (Fsp3) is 0.130. The van der Waals surface area contributed by atoms with Crippen LogP contribution in [0.1, 0.15) is 11.3 Å². The Kier molecular flexibility index (Phi) is 5.42. The number of benzene rings is 1. The van der Waals surface area contributed by atoms with Crippen molar-refractivity contribution in [2.45, 2.75) is 12.8 Å². The number of carboxylic acid groups (broad SMARTS) is 1. The molecule has 6 nitrogen and oxygen atoms in total. The quantitative estimate of drug-likeness (QED) is 0.501. The molecule has 2 N–H and O–H groups in total. The first-order valence-corrected chi connectivity index (χ1v) is 9.39. The van der Waals surface area contributed by atoms with E-state index in [9.17, 15) is 4.79 Å². The summed E-state index contributed by atoms with van der Waals surface area (Å²) in [6.07, 6.45) is 7.05. The number of nitrogens with one attached hydrogen (secondary N) is 1. The molecule has 6 heteroatoms. The number of fused-ring (bicyclic) bond motifs is 1. The maximum absolute atomic E-state index is 10.9. The summed E-state index contributed by atoms with van der Waals surface area (Å²) in [5.41, 5.74) is 5.08. The van der Waals surface area contributed by atoms with Gasteiger partial charge in [0.1, 0.15) is 12.4 Å². The minimum Gasteiger partial charge on any atom is -0.480 e. The normalized spacial score (nSPS) is 10.8. The second-order valence-corrected chi connectivity index (χ2v) is 6.71. The molecule has 29 heavy (non-hydrogen) atoms. The Balaban J connectivity index is 1.71. The number of hydrogen-bond donors (Lipinski definition) is 2. The molecule has 0 aliphatic carbocycles. The highest BCUT2D eigenvalue weighted by atomic mass is 16.4. The first-order valence-electron chi connectivity index (χ1n) is 9.39. The lowest BCUT2D eigenvalue weighted by molar-refractivity contribution is -0.134. The molecule has 3 heterocycles. The number of hydrogen-bond acceptors (Lipinski definition) is 5. The van der Waals surface area contributed by atoms with Gasteiger partial charge in [0.2, 0.25) is 0 Å². The van der Waals surface area contributed by atoms with Gasteiger partial charge in [0.05, 0.1) is 5.52 Å². The standard InChI is InChI=1S/C23H20N4O2/c28-23(29)15-26-22-14-19(17-8-11-24-12-9-17)20-13-16(5-7-21(20)27-22)4-6-18-3-1-2-10-25-18/h1-3,5,7-14H,4,6,15H2,(H,26,27)(H,28,29). The Hall–Kier alpha value is -3.80. The predicted octanol–water partition coefficient (Wildman–Crippen LogP) is 3.97. The number of carboxylic acids is 1. The van der Waals surface area contributed by atoms with Gasteiger partial charge in [0.15, 0.2) is 0 Å². The predicted molar refractivity (Wildman–Crippen MR) is 113 cm³/mol. The Bertz CT molecular complexity index is 1130. The minimum absolute atomic E-state index is 0.184. The van der Waals surface area contributed by atoms with Crippen molar-refractivity contribution in [1.29, 1.82) is 0 Å². The summed E-state index contributed by atoms with van der Waals surface area (Å²) < 4.78 is 0. The smallest absolute Gasteiger partial charge is 0.322 e. The molecule has 4 rings (SSSR count). The number of aryl methyl sites for hydroxylation is 2. The molecule has 3 aromatic heterocycles. The van der Waals surface area contributed by atoms with E-state index in [0.717, 1.165) is 40.6 Å². The number of aromatic nitrogens is 3. The van der Waals surface area contributed by atoms with Crippen molar-refractivity contribution in [3.8, 4) is 11.1 Å². The maximum atomic E-state index is 10.9. The van der Waals surface area contributed by atoms with Gasteiger partial charge in [-0.05, 0) is 72.0 Å². The highest BCUT2D eigenvalue weighted by molar-refractivity contribution is 5.96. The average molecular weight is 384 g/mol. The van der Waals surface area contributed by atoms with Crippen molar-refractivity contribution < 1.29 is 9.90 Å². The van der Waals surface area contributed by atoms with E-state index in [2.05, 4.69) is 32.4 Å². The van der Waals surface area contributed by atoms with E-state index in [1.165, 1.54) is 5.56 Å². The molecule has 0 aliphatic rings. The van der Waals surface area contributed by atoms with Crippen LogP contribution in [0.4, 0.5) is 5.82 Å². The monoisotopic (exact) mass is 384 g/mol. The van der Waals surface area contributed by atoms with Crippen molar-refractivity contribution in [2.75, 3.05) is 11.9 Å². The van der Waals surface area contributed by atoms with Gasteiger partial charge < -0.3 is 10.4 Å². The zero-order valence-corrected chi connectivity index (χ0v) is 15.7. The number of carbonyl (C=O) groups is 1.